The van der Waals surface area contributed by atoms with Gasteiger partial charge in [-0.15, -0.1) is 0 Å². The monoisotopic (exact) mass is 364 g/mol. The first-order chi connectivity index (χ1) is 13.0. The van der Waals surface area contributed by atoms with Gasteiger partial charge in [0, 0.05) is 5.56 Å². The van der Waals surface area contributed by atoms with Crippen LogP contribution in [0.15, 0.2) is 54.8 Å². The number of carbonyl (C=O) groups is 2. The fraction of sp³-hybridized carbons (Fsp3) is 0.182. The van der Waals surface area contributed by atoms with Crippen LogP contribution in [0.25, 0.3) is 6.08 Å². The molecule has 2 aromatic carbocycles. The molecular formula is C22H20O5. The van der Waals surface area contributed by atoms with E-state index in [1.807, 2.05) is 31.2 Å². The van der Waals surface area contributed by atoms with Gasteiger partial charge in [-0.25, -0.2) is 4.79 Å². The van der Waals surface area contributed by atoms with Crippen LogP contribution in [0.5, 0.6) is 11.5 Å². The van der Waals surface area contributed by atoms with Crippen molar-refractivity contribution in [2.45, 2.75) is 13.8 Å². The number of allylic oxidation sites excluding steroid dienone is 1. The van der Waals surface area contributed by atoms with E-state index in [1.165, 1.54) is 6.08 Å². The van der Waals surface area contributed by atoms with Crippen molar-refractivity contribution in [3.8, 4) is 11.5 Å². The Hall–Kier alpha value is -3.34. The fourth-order valence-electron chi connectivity index (χ4n) is 2.77. The van der Waals surface area contributed by atoms with Crippen LogP contribution in [0.1, 0.15) is 27.0 Å². The van der Waals surface area contributed by atoms with Gasteiger partial charge in [0.1, 0.15) is 18.1 Å². The van der Waals surface area contributed by atoms with E-state index in [1.54, 1.807) is 25.1 Å². The van der Waals surface area contributed by atoms with Crippen LogP contribution in [0, 0.1) is 13.8 Å². The van der Waals surface area contributed by atoms with E-state index in [9.17, 15) is 9.59 Å². The number of Topliss-reactive ketones (excluding diaryl/α,β-unsaturated/α-hetero) is 1. The summed E-state index contributed by atoms with van der Waals surface area (Å²) in [6.45, 7) is 7.16. The Morgan fingerprint density at radius 2 is 2.04 bits per heavy atom. The lowest BCUT2D eigenvalue weighted by Crippen LogP contribution is -2.15. The summed E-state index contributed by atoms with van der Waals surface area (Å²) < 4.78 is 16.2. The zero-order chi connectivity index (χ0) is 19.4. The number of fused-ring (bicyclic) bond motifs is 1. The average Bonchev–Trinajstić information content (AvgIpc) is 2.96. The summed E-state index contributed by atoms with van der Waals surface area (Å²) in [5, 5.41) is 0. The number of ether oxygens (including phenoxy) is 3. The summed E-state index contributed by atoms with van der Waals surface area (Å²) >= 11 is 0. The Morgan fingerprint density at radius 3 is 2.78 bits per heavy atom. The van der Waals surface area contributed by atoms with Crippen LogP contribution < -0.4 is 9.47 Å². The summed E-state index contributed by atoms with van der Waals surface area (Å²) in [6.07, 6.45) is 3.21. The third-order valence-corrected chi connectivity index (χ3v) is 4.08. The lowest BCUT2D eigenvalue weighted by molar-refractivity contribution is -0.144. The Balaban J connectivity index is 1.79. The normalized spacial score (nSPS) is 13.9. The predicted octanol–water partition coefficient (Wildman–Crippen LogP) is 4.03. The molecule has 3 rings (SSSR count). The molecule has 5 heteroatoms. The predicted molar refractivity (Wildman–Crippen MR) is 102 cm³/mol. The number of rotatable bonds is 6. The maximum absolute atomic E-state index is 12.6. The van der Waals surface area contributed by atoms with Crippen LogP contribution >= 0.6 is 0 Å². The molecule has 5 nitrogen and oxygen atoms in total. The van der Waals surface area contributed by atoms with Gasteiger partial charge < -0.3 is 14.2 Å². The highest BCUT2D eigenvalue weighted by Gasteiger charge is 2.30. The Kier molecular flexibility index (Phi) is 5.41. The molecule has 0 unspecified atom stereocenters. The maximum atomic E-state index is 12.6. The van der Waals surface area contributed by atoms with Crippen molar-refractivity contribution in [2.24, 2.45) is 0 Å². The highest BCUT2D eigenvalue weighted by atomic mass is 16.6. The molecule has 0 atom stereocenters. The molecular weight excluding hydrogens is 344 g/mol. The van der Waals surface area contributed by atoms with Crippen molar-refractivity contribution < 1.29 is 23.8 Å². The molecule has 138 valence electrons. The maximum Gasteiger partial charge on any atom is 0.344 e. The number of ketones is 1. The number of carbonyl (C=O) groups excluding carboxylic acids is 2. The number of hydrogen-bond acceptors (Lipinski definition) is 5. The minimum Gasteiger partial charge on any atom is -0.481 e. The van der Waals surface area contributed by atoms with Crippen molar-refractivity contribution in [3.63, 3.8) is 0 Å². The first-order valence-electron chi connectivity index (χ1n) is 8.53. The van der Waals surface area contributed by atoms with Gasteiger partial charge in [0.25, 0.3) is 0 Å². The highest BCUT2D eigenvalue weighted by molar-refractivity contribution is 6.15. The smallest absolute Gasteiger partial charge is 0.344 e. The number of hydrogen-bond donors (Lipinski definition) is 0. The SMILES string of the molecule is C=CCOC(=O)COc1ccc2c(c1C)O/C(=C\c1cccc(C)c1)C2=O. The van der Waals surface area contributed by atoms with E-state index in [4.69, 9.17) is 14.2 Å². The second kappa shape index (κ2) is 7.91. The van der Waals surface area contributed by atoms with E-state index in [0.717, 1.165) is 11.1 Å². The zero-order valence-electron chi connectivity index (χ0n) is 15.3. The fourth-order valence-corrected chi connectivity index (χ4v) is 2.77. The summed E-state index contributed by atoms with van der Waals surface area (Å²) in [7, 11) is 0. The minimum atomic E-state index is -0.494. The standard InChI is InChI=1S/C22H20O5/c1-4-10-25-20(23)13-26-18-9-8-17-21(24)19(27-22(17)15(18)3)12-16-7-5-6-14(2)11-16/h4-9,11-12H,1,10,13H2,2-3H3/b19-12-. The molecule has 0 saturated carbocycles. The molecule has 2 aromatic rings. The molecule has 0 saturated heterocycles. The van der Waals surface area contributed by atoms with Crippen molar-refractivity contribution in [1.29, 1.82) is 0 Å². The molecule has 0 fully saturated rings. The van der Waals surface area contributed by atoms with E-state index in [-0.39, 0.29) is 24.8 Å². The summed E-state index contributed by atoms with van der Waals surface area (Å²) in [5.41, 5.74) is 3.13. The molecule has 1 aliphatic heterocycles. The topological polar surface area (TPSA) is 61.8 Å². The van der Waals surface area contributed by atoms with E-state index < -0.39 is 5.97 Å². The highest BCUT2D eigenvalue weighted by Crippen LogP contribution is 2.39. The van der Waals surface area contributed by atoms with Crippen LogP contribution in [0.3, 0.4) is 0 Å². The van der Waals surface area contributed by atoms with Gasteiger partial charge in [-0.2, -0.15) is 0 Å². The molecule has 0 aromatic heterocycles. The molecule has 0 radical (unpaired) electrons. The van der Waals surface area contributed by atoms with Crippen LogP contribution in [0.2, 0.25) is 0 Å². The van der Waals surface area contributed by atoms with E-state index in [0.29, 0.717) is 22.6 Å². The van der Waals surface area contributed by atoms with Gasteiger partial charge in [0.15, 0.2) is 12.4 Å². The van der Waals surface area contributed by atoms with Gasteiger partial charge in [0.05, 0.1) is 5.56 Å². The van der Waals surface area contributed by atoms with Crippen LogP contribution in [-0.2, 0) is 9.53 Å². The Morgan fingerprint density at radius 1 is 1.22 bits per heavy atom. The third kappa shape index (κ3) is 4.08. The third-order valence-electron chi connectivity index (χ3n) is 4.08. The van der Waals surface area contributed by atoms with Crippen LogP contribution in [0.4, 0.5) is 0 Å². The molecule has 27 heavy (non-hydrogen) atoms. The largest absolute Gasteiger partial charge is 0.481 e. The molecule has 0 bridgehead atoms. The Bertz CT molecular complexity index is 940. The molecule has 0 amide bonds. The van der Waals surface area contributed by atoms with Crippen molar-refractivity contribution in [2.75, 3.05) is 13.2 Å². The lowest BCUT2D eigenvalue weighted by Gasteiger charge is -2.10. The van der Waals surface area contributed by atoms with Crippen LogP contribution in [-0.4, -0.2) is 25.0 Å². The van der Waals surface area contributed by atoms with Gasteiger partial charge in [-0.1, -0.05) is 42.5 Å². The van der Waals surface area contributed by atoms with E-state index in [2.05, 4.69) is 6.58 Å². The number of aryl methyl sites for hydroxylation is 1. The van der Waals surface area contributed by atoms with E-state index >= 15 is 0 Å². The van der Waals surface area contributed by atoms with Gasteiger partial charge in [-0.05, 0) is 37.6 Å². The van der Waals surface area contributed by atoms with Crippen molar-refractivity contribution in [1.82, 2.24) is 0 Å². The second-order valence-electron chi connectivity index (χ2n) is 6.18. The molecule has 1 aliphatic rings. The van der Waals surface area contributed by atoms with Gasteiger partial charge >= 0.3 is 5.97 Å². The van der Waals surface area contributed by atoms with Crippen molar-refractivity contribution >= 4 is 17.8 Å². The molecule has 1 heterocycles. The van der Waals surface area contributed by atoms with Gasteiger partial charge in [-0.3, -0.25) is 4.79 Å². The van der Waals surface area contributed by atoms with Gasteiger partial charge in [0.2, 0.25) is 5.78 Å². The number of benzene rings is 2. The summed E-state index contributed by atoms with van der Waals surface area (Å²) in [4.78, 5) is 24.2. The van der Waals surface area contributed by atoms with Crippen molar-refractivity contribution in [3.05, 3.63) is 77.1 Å². The first-order valence-corrected chi connectivity index (χ1v) is 8.53. The number of esters is 1. The zero-order valence-corrected chi connectivity index (χ0v) is 15.3. The second-order valence-corrected chi connectivity index (χ2v) is 6.18. The average molecular weight is 364 g/mol. The molecule has 0 spiro atoms. The quantitative estimate of drug-likeness (QED) is 0.440. The minimum absolute atomic E-state index is 0.135. The summed E-state index contributed by atoms with van der Waals surface area (Å²) in [5.74, 6) is 0.518. The molecule has 0 aliphatic carbocycles. The molecule has 0 N–H and O–H groups in total. The summed E-state index contributed by atoms with van der Waals surface area (Å²) in [6, 6.07) is 11.1. The first kappa shape index (κ1) is 18.5. The lowest BCUT2D eigenvalue weighted by atomic mass is 10.1. The Labute approximate surface area is 157 Å².